The van der Waals surface area contributed by atoms with Crippen molar-refractivity contribution in [2.24, 2.45) is 5.92 Å². The standard InChI is InChI=1S/C20H20ClN5OS/c21-18-14(6-10-28-18)17(27)12-4-8-26(9-5-12)20-19(23-13-1-2-13)24-15-3-7-22-11-16(15)25-20/h3,6-7,10-13H,1-2,4-5,8-9H2,(H,23,24). The van der Waals surface area contributed by atoms with Crippen molar-refractivity contribution >= 4 is 51.4 Å². The lowest BCUT2D eigenvalue weighted by Gasteiger charge is -2.33. The molecule has 2 fully saturated rings. The number of carbonyl (C=O) groups is 1. The van der Waals surface area contributed by atoms with Crippen molar-refractivity contribution in [1.82, 2.24) is 15.0 Å². The maximum absolute atomic E-state index is 12.8. The third-order valence-corrected chi connectivity index (χ3v) is 6.58. The van der Waals surface area contributed by atoms with Crippen LogP contribution in [0.15, 0.2) is 29.9 Å². The zero-order valence-electron chi connectivity index (χ0n) is 15.3. The maximum Gasteiger partial charge on any atom is 0.172 e. The van der Waals surface area contributed by atoms with Crippen LogP contribution in [0.3, 0.4) is 0 Å². The summed E-state index contributed by atoms with van der Waals surface area (Å²) in [6.07, 6.45) is 7.42. The van der Waals surface area contributed by atoms with E-state index in [0.717, 1.165) is 48.6 Å². The summed E-state index contributed by atoms with van der Waals surface area (Å²) in [5.41, 5.74) is 2.30. The molecular formula is C20H20ClN5OS. The first-order valence-electron chi connectivity index (χ1n) is 9.59. The SMILES string of the molecule is O=C(c1ccsc1Cl)C1CCN(c2nc3cnccc3nc2NC2CC2)CC1. The lowest BCUT2D eigenvalue weighted by molar-refractivity contribution is 0.0901. The molecule has 0 aromatic carbocycles. The number of ketones is 1. The van der Waals surface area contributed by atoms with Gasteiger partial charge in [-0.25, -0.2) is 9.97 Å². The molecular weight excluding hydrogens is 394 g/mol. The smallest absolute Gasteiger partial charge is 0.172 e. The van der Waals surface area contributed by atoms with Crippen LogP contribution in [0, 0.1) is 5.92 Å². The molecule has 1 saturated heterocycles. The summed E-state index contributed by atoms with van der Waals surface area (Å²) in [5.74, 6) is 1.88. The molecule has 0 spiro atoms. The number of Topliss-reactive ketones (excluding diaryl/α,β-unsaturated/α-hetero) is 1. The summed E-state index contributed by atoms with van der Waals surface area (Å²) >= 11 is 7.57. The Morgan fingerprint density at radius 1 is 1.14 bits per heavy atom. The molecule has 0 unspecified atom stereocenters. The number of rotatable bonds is 5. The Kier molecular flexibility index (Phi) is 4.64. The summed E-state index contributed by atoms with van der Waals surface area (Å²) in [7, 11) is 0. The average Bonchev–Trinajstić information content (AvgIpc) is 3.44. The minimum Gasteiger partial charge on any atom is -0.364 e. The molecule has 3 aromatic rings. The molecule has 3 aromatic heterocycles. The molecule has 6 nitrogen and oxygen atoms in total. The van der Waals surface area contributed by atoms with Crippen LogP contribution in [0.1, 0.15) is 36.0 Å². The lowest BCUT2D eigenvalue weighted by Crippen LogP contribution is -2.37. The van der Waals surface area contributed by atoms with E-state index in [-0.39, 0.29) is 11.7 Å². The quantitative estimate of drug-likeness (QED) is 0.624. The molecule has 28 heavy (non-hydrogen) atoms. The van der Waals surface area contributed by atoms with Gasteiger partial charge in [-0.1, -0.05) is 11.6 Å². The number of nitrogens with one attached hydrogen (secondary N) is 1. The molecule has 1 aliphatic heterocycles. The van der Waals surface area contributed by atoms with Gasteiger partial charge in [0.05, 0.1) is 11.7 Å². The van der Waals surface area contributed by atoms with Crippen molar-refractivity contribution < 1.29 is 4.79 Å². The van der Waals surface area contributed by atoms with E-state index in [1.54, 1.807) is 12.4 Å². The Labute approximate surface area is 172 Å². The van der Waals surface area contributed by atoms with Crippen molar-refractivity contribution in [3.8, 4) is 0 Å². The Balaban J connectivity index is 1.37. The van der Waals surface area contributed by atoms with Crippen LogP contribution in [0.4, 0.5) is 11.6 Å². The van der Waals surface area contributed by atoms with Crippen LogP contribution < -0.4 is 10.2 Å². The van der Waals surface area contributed by atoms with Crippen LogP contribution in [0.2, 0.25) is 4.34 Å². The van der Waals surface area contributed by atoms with Gasteiger partial charge >= 0.3 is 0 Å². The van der Waals surface area contributed by atoms with Gasteiger partial charge in [-0.05, 0) is 43.2 Å². The van der Waals surface area contributed by atoms with E-state index in [1.165, 1.54) is 24.2 Å². The second-order valence-corrected chi connectivity index (χ2v) is 8.93. The highest BCUT2D eigenvalue weighted by Crippen LogP contribution is 2.34. The summed E-state index contributed by atoms with van der Waals surface area (Å²) in [6, 6.07) is 4.22. The number of hydrogen-bond acceptors (Lipinski definition) is 7. The fraction of sp³-hybridized carbons (Fsp3) is 0.400. The van der Waals surface area contributed by atoms with Crippen LogP contribution in [0.5, 0.6) is 0 Å². The summed E-state index contributed by atoms with van der Waals surface area (Å²) < 4.78 is 0.594. The highest BCUT2D eigenvalue weighted by Gasteiger charge is 2.30. The van der Waals surface area contributed by atoms with E-state index in [9.17, 15) is 4.79 Å². The van der Waals surface area contributed by atoms with Crippen molar-refractivity contribution in [2.75, 3.05) is 23.3 Å². The first-order chi connectivity index (χ1) is 13.7. The Hall–Kier alpha value is -2.25. The molecule has 8 heteroatoms. The van der Waals surface area contributed by atoms with Crippen LogP contribution in [0.25, 0.3) is 11.0 Å². The van der Waals surface area contributed by atoms with Crippen LogP contribution >= 0.6 is 22.9 Å². The molecule has 1 saturated carbocycles. The fourth-order valence-corrected chi connectivity index (χ4v) is 4.61. The molecule has 0 amide bonds. The zero-order valence-corrected chi connectivity index (χ0v) is 16.8. The minimum atomic E-state index is 0.0123. The monoisotopic (exact) mass is 413 g/mol. The maximum atomic E-state index is 12.8. The number of hydrogen-bond donors (Lipinski definition) is 1. The Bertz CT molecular complexity index is 1030. The molecule has 1 N–H and O–H groups in total. The Morgan fingerprint density at radius 3 is 2.68 bits per heavy atom. The van der Waals surface area contributed by atoms with E-state index in [4.69, 9.17) is 21.6 Å². The second-order valence-electron chi connectivity index (χ2n) is 7.41. The number of thiophene rings is 1. The number of piperidine rings is 1. The van der Waals surface area contributed by atoms with Gasteiger partial charge in [0.25, 0.3) is 0 Å². The number of aromatic nitrogens is 3. The van der Waals surface area contributed by atoms with Gasteiger partial charge in [-0.3, -0.25) is 9.78 Å². The largest absolute Gasteiger partial charge is 0.364 e. The van der Waals surface area contributed by atoms with Gasteiger partial charge in [0.1, 0.15) is 9.85 Å². The van der Waals surface area contributed by atoms with Gasteiger partial charge in [0.15, 0.2) is 17.4 Å². The van der Waals surface area contributed by atoms with Gasteiger partial charge in [-0.2, -0.15) is 0 Å². The predicted molar refractivity (Wildman–Crippen MR) is 113 cm³/mol. The van der Waals surface area contributed by atoms with E-state index >= 15 is 0 Å². The number of carbonyl (C=O) groups excluding carboxylic acids is 1. The minimum absolute atomic E-state index is 0.0123. The van der Waals surface area contributed by atoms with Crippen molar-refractivity contribution in [2.45, 2.75) is 31.7 Å². The summed E-state index contributed by atoms with van der Waals surface area (Å²) in [6.45, 7) is 1.55. The molecule has 1 aliphatic carbocycles. The molecule has 0 radical (unpaired) electrons. The molecule has 4 heterocycles. The predicted octanol–water partition coefficient (Wildman–Crippen LogP) is 4.41. The highest BCUT2D eigenvalue weighted by atomic mass is 35.5. The second kappa shape index (κ2) is 7.29. The molecule has 0 bridgehead atoms. The Morgan fingerprint density at radius 2 is 1.96 bits per heavy atom. The van der Waals surface area contributed by atoms with Crippen molar-refractivity contribution in [3.05, 3.63) is 39.8 Å². The molecule has 2 aliphatic rings. The van der Waals surface area contributed by atoms with Crippen LogP contribution in [-0.2, 0) is 0 Å². The van der Waals surface area contributed by atoms with E-state index in [1.807, 2.05) is 17.5 Å². The third kappa shape index (κ3) is 3.44. The highest BCUT2D eigenvalue weighted by molar-refractivity contribution is 7.14. The third-order valence-electron chi connectivity index (χ3n) is 5.42. The zero-order chi connectivity index (χ0) is 19.1. The molecule has 5 rings (SSSR count). The van der Waals surface area contributed by atoms with Crippen LogP contribution in [-0.4, -0.2) is 39.9 Å². The normalized spacial score (nSPS) is 17.8. The van der Waals surface area contributed by atoms with Gasteiger partial charge < -0.3 is 10.2 Å². The first kappa shape index (κ1) is 17.8. The van der Waals surface area contributed by atoms with E-state index < -0.39 is 0 Å². The number of nitrogens with zero attached hydrogens (tertiary/aromatic N) is 4. The van der Waals surface area contributed by atoms with Gasteiger partial charge in [0, 0.05) is 36.8 Å². The number of fused-ring (bicyclic) bond motifs is 1. The number of anilines is 2. The number of halogens is 1. The van der Waals surface area contributed by atoms with Gasteiger partial charge in [-0.15, -0.1) is 11.3 Å². The summed E-state index contributed by atoms with van der Waals surface area (Å²) in [4.78, 5) is 28.8. The van der Waals surface area contributed by atoms with E-state index in [2.05, 4.69) is 15.2 Å². The topological polar surface area (TPSA) is 71.0 Å². The molecule has 144 valence electrons. The fourth-order valence-electron chi connectivity index (χ4n) is 3.68. The van der Waals surface area contributed by atoms with E-state index in [0.29, 0.717) is 15.9 Å². The number of pyridine rings is 1. The van der Waals surface area contributed by atoms with Crippen molar-refractivity contribution in [3.63, 3.8) is 0 Å². The summed E-state index contributed by atoms with van der Waals surface area (Å²) in [5, 5.41) is 5.39. The molecule has 0 atom stereocenters. The first-order valence-corrected chi connectivity index (χ1v) is 10.9. The van der Waals surface area contributed by atoms with Gasteiger partial charge in [0.2, 0.25) is 0 Å². The average molecular weight is 414 g/mol. The van der Waals surface area contributed by atoms with Crippen molar-refractivity contribution in [1.29, 1.82) is 0 Å². The lowest BCUT2D eigenvalue weighted by atomic mass is 9.90.